The maximum atomic E-state index is 5.72. The average molecular weight is 226 g/mol. The van der Waals surface area contributed by atoms with Crippen LogP contribution >= 0.6 is 0 Å². The topological polar surface area (TPSA) is 18.5 Å². The molecular formula is C14H26O2. The minimum Gasteiger partial charge on any atom is -0.460 e. The third-order valence-electron chi connectivity index (χ3n) is 2.54. The number of allylic oxidation sites excluding steroid dienone is 2. The number of ether oxygens (including phenoxy) is 2. The van der Waals surface area contributed by atoms with Crippen LogP contribution in [0.1, 0.15) is 59.8 Å². The number of unbranched alkanes of at least 4 members (excludes halogenated alkanes) is 2. The molecule has 0 aromatic heterocycles. The Balaban J connectivity index is 4.39. The van der Waals surface area contributed by atoms with E-state index in [1.165, 1.54) is 12.8 Å². The molecule has 0 fully saturated rings. The maximum Gasteiger partial charge on any atom is 0.249 e. The summed E-state index contributed by atoms with van der Waals surface area (Å²) in [6.45, 7) is 8.19. The molecule has 0 aliphatic carbocycles. The van der Waals surface area contributed by atoms with Gasteiger partial charge >= 0.3 is 0 Å². The first-order chi connectivity index (χ1) is 7.74. The molecule has 0 aliphatic rings. The zero-order chi connectivity index (χ0) is 12.3. The summed E-state index contributed by atoms with van der Waals surface area (Å²) < 4.78 is 11.4. The first-order valence-electron chi connectivity index (χ1n) is 6.32. The molecule has 94 valence electrons. The lowest BCUT2D eigenvalue weighted by molar-refractivity contribution is -0.180. The Labute approximate surface area is 100 Å². The third-order valence-corrected chi connectivity index (χ3v) is 2.54. The van der Waals surface area contributed by atoms with Gasteiger partial charge in [-0.3, -0.25) is 0 Å². The summed E-state index contributed by atoms with van der Waals surface area (Å²) in [7, 11) is 0. The average Bonchev–Trinajstić information content (AvgIpc) is 2.32. The van der Waals surface area contributed by atoms with Crippen LogP contribution in [0, 0.1) is 0 Å². The number of hydrogen-bond donors (Lipinski definition) is 0. The molecule has 0 N–H and O–H groups in total. The molecule has 0 bridgehead atoms. The minimum atomic E-state index is -0.478. The Hall–Kier alpha value is -0.920. The quantitative estimate of drug-likeness (QED) is 0.320. The monoisotopic (exact) mass is 226 g/mol. The number of hydrogen-bond acceptors (Lipinski definition) is 2. The summed E-state index contributed by atoms with van der Waals surface area (Å²) in [5, 5.41) is 0. The molecule has 0 spiro atoms. The Morgan fingerprint density at radius 2 is 1.50 bits per heavy atom. The van der Waals surface area contributed by atoms with Crippen LogP contribution in [0.2, 0.25) is 0 Å². The van der Waals surface area contributed by atoms with Crippen LogP contribution in [0.4, 0.5) is 0 Å². The SMILES string of the molecule is CC=COC(CC)(CCCCC)OC=CC. The molecule has 0 aromatic carbocycles. The zero-order valence-electron chi connectivity index (χ0n) is 11.2. The molecule has 2 nitrogen and oxygen atoms in total. The molecule has 0 heterocycles. The van der Waals surface area contributed by atoms with Crippen LogP contribution in [0.3, 0.4) is 0 Å². The molecule has 0 rings (SSSR count). The number of rotatable bonds is 9. The molecule has 16 heavy (non-hydrogen) atoms. The summed E-state index contributed by atoms with van der Waals surface area (Å²) in [5.74, 6) is -0.478. The Kier molecular flexibility index (Phi) is 8.78. The first-order valence-corrected chi connectivity index (χ1v) is 6.32. The standard InChI is InChI=1S/C14H26O2/c1-5-9-10-11-14(8-4,15-12-6-2)16-13-7-3/h6-7,12-13H,5,8-11H2,1-4H3. The molecule has 0 saturated carbocycles. The van der Waals surface area contributed by atoms with E-state index in [9.17, 15) is 0 Å². The van der Waals surface area contributed by atoms with Gasteiger partial charge in [-0.05, 0) is 20.3 Å². The molecule has 0 aromatic rings. The smallest absolute Gasteiger partial charge is 0.249 e. The highest BCUT2D eigenvalue weighted by Gasteiger charge is 2.29. The van der Waals surface area contributed by atoms with Crippen molar-refractivity contribution in [3.63, 3.8) is 0 Å². The molecule has 0 amide bonds. The fraction of sp³-hybridized carbons (Fsp3) is 0.714. The van der Waals surface area contributed by atoms with Crippen LogP contribution in [-0.2, 0) is 9.47 Å². The van der Waals surface area contributed by atoms with Crippen LogP contribution in [0.5, 0.6) is 0 Å². The Morgan fingerprint density at radius 3 is 1.88 bits per heavy atom. The van der Waals surface area contributed by atoms with Gasteiger partial charge in [0.15, 0.2) is 0 Å². The van der Waals surface area contributed by atoms with E-state index in [1.807, 2.05) is 26.0 Å². The normalized spacial score (nSPS) is 15.5. The second kappa shape index (κ2) is 9.32. The van der Waals surface area contributed by atoms with Gasteiger partial charge in [0, 0.05) is 12.8 Å². The van der Waals surface area contributed by atoms with Crippen LogP contribution in [0.15, 0.2) is 24.7 Å². The van der Waals surface area contributed by atoms with E-state index in [-0.39, 0.29) is 0 Å². The predicted octanol–water partition coefficient (Wildman–Crippen LogP) is 4.77. The van der Waals surface area contributed by atoms with Gasteiger partial charge in [0.1, 0.15) is 0 Å². The van der Waals surface area contributed by atoms with E-state index in [0.717, 1.165) is 19.3 Å². The van der Waals surface area contributed by atoms with Gasteiger partial charge in [0.05, 0.1) is 12.5 Å². The van der Waals surface area contributed by atoms with Crippen molar-refractivity contribution in [3.8, 4) is 0 Å². The van der Waals surface area contributed by atoms with Gasteiger partial charge in [-0.1, -0.05) is 38.8 Å². The zero-order valence-corrected chi connectivity index (χ0v) is 11.2. The minimum absolute atomic E-state index is 0.478. The van der Waals surface area contributed by atoms with Crippen molar-refractivity contribution in [3.05, 3.63) is 24.7 Å². The van der Waals surface area contributed by atoms with E-state index >= 15 is 0 Å². The van der Waals surface area contributed by atoms with Crippen LogP contribution in [0.25, 0.3) is 0 Å². The Morgan fingerprint density at radius 1 is 0.938 bits per heavy atom. The fourth-order valence-corrected chi connectivity index (χ4v) is 1.52. The van der Waals surface area contributed by atoms with Crippen molar-refractivity contribution in [2.24, 2.45) is 0 Å². The second-order valence-corrected chi connectivity index (χ2v) is 3.90. The predicted molar refractivity (Wildman–Crippen MR) is 69.0 cm³/mol. The van der Waals surface area contributed by atoms with Crippen LogP contribution < -0.4 is 0 Å². The lowest BCUT2D eigenvalue weighted by Gasteiger charge is -2.31. The van der Waals surface area contributed by atoms with Crippen molar-refractivity contribution in [1.82, 2.24) is 0 Å². The maximum absolute atomic E-state index is 5.72. The van der Waals surface area contributed by atoms with Gasteiger partial charge < -0.3 is 9.47 Å². The van der Waals surface area contributed by atoms with E-state index in [0.29, 0.717) is 0 Å². The van der Waals surface area contributed by atoms with Gasteiger partial charge in [0.25, 0.3) is 0 Å². The molecule has 0 saturated heterocycles. The Bertz CT molecular complexity index is 193. The lowest BCUT2D eigenvalue weighted by atomic mass is 10.0. The molecule has 2 heteroatoms. The molecule has 0 aliphatic heterocycles. The van der Waals surface area contributed by atoms with Crippen molar-refractivity contribution in [2.45, 2.75) is 65.6 Å². The molecule has 0 unspecified atom stereocenters. The van der Waals surface area contributed by atoms with Crippen molar-refractivity contribution >= 4 is 0 Å². The van der Waals surface area contributed by atoms with E-state index < -0.39 is 5.79 Å². The van der Waals surface area contributed by atoms with E-state index in [2.05, 4.69) is 13.8 Å². The first kappa shape index (κ1) is 15.1. The summed E-state index contributed by atoms with van der Waals surface area (Å²) in [5.41, 5.74) is 0. The highest BCUT2D eigenvalue weighted by atomic mass is 16.7. The van der Waals surface area contributed by atoms with E-state index in [1.54, 1.807) is 12.5 Å². The highest BCUT2D eigenvalue weighted by molar-refractivity contribution is 4.79. The fourth-order valence-electron chi connectivity index (χ4n) is 1.52. The van der Waals surface area contributed by atoms with Crippen LogP contribution in [-0.4, -0.2) is 5.79 Å². The molecule has 0 atom stereocenters. The van der Waals surface area contributed by atoms with Crippen molar-refractivity contribution in [1.29, 1.82) is 0 Å². The summed E-state index contributed by atoms with van der Waals surface area (Å²) >= 11 is 0. The largest absolute Gasteiger partial charge is 0.460 e. The molecular weight excluding hydrogens is 200 g/mol. The van der Waals surface area contributed by atoms with Crippen molar-refractivity contribution in [2.75, 3.05) is 0 Å². The van der Waals surface area contributed by atoms with Gasteiger partial charge in [-0.2, -0.15) is 0 Å². The summed E-state index contributed by atoms with van der Waals surface area (Å²) in [4.78, 5) is 0. The van der Waals surface area contributed by atoms with Gasteiger partial charge in [0.2, 0.25) is 5.79 Å². The van der Waals surface area contributed by atoms with Crippen molar-refractivity contribution < 1.29 is 9.47 Å². The van der Waals surface area contributed by atoms with Gasteiger partial charge in [-0.25, -0.2) is 0 Å². The van der Waals surface area contributed by atoms with Gasteiger partial charge in [-0.15, -0.1) is 0 Å². The van der Waals surface area contributed by atoms with E-state index in [4.69, 9.17) is 9.47 Å². The third kappa shape index (κ3) is 5.84. The summed E-state index contributed by atoms with van der Waals surface area (Å²) in [6.07, 6.45) is 12.6. The second-order valence-electron chi connectivity index (χ2n) is 3.90. The summed E-state index contributed by atoms with van der Waals surface area (Å²) in [6, 6.07) is 0. The molecule has 0 radical (unpaired) electrons. The lowest BCUT2D eigenvalue weighted by Crippen LogP contribution is -2.32. The highest BCUT2D eigenvalue weighted by Crippen LogP contribution is 2.26.